The summed E-state index contributed by atoms with van der Waals surface area (Å²) in [5, 5.41) is 0.438. The molecule has 1 rings (SSSR count). The van der Waals surface area contributed by atoms with E-state index in [0.29, 0.717) is 0 Å². The van der Waals surface area contributed by atoms with E-state index in [1.165, 1.54) is 5.56 Å². The minimum Gasteiger partial charge on any atom is -0.300 e. The molecule has 0 fully saturated rings. The maximum atomic E-state index is 6.28. The van der Waals surface area contributed by atoms with Gasteiger partial charge in [-0.2, -0.15) is 0 Å². The Morgan fingerprint density at radius 3 is 1.95 bits per heavy atom. The fourth-order valence-electron chi connectivity index (χ4n) is 2.01. The van der Waals surface area contributed by atoms with E-state index in [9.17, 15) is 0 Å². The number of hydrogen-bond acceptors (Lipinski definition) is 1. The number of benzene rings is 1. The molecule has 0 saturated heterocycles. The van der Waals surface area contributed by atoms with Crippen molar-refractivity contribution in [3.05, 3.63) is 35.9 Å². The van der Waals surface area contributed by atoms with Crippen LogP contribution in [0.1, 0.15) is 32.3 Å². The summed E-state index contributed by atoms with van der Waals surface area (Å²) in [5.41, 5.74) is 1.37. The van der Waals surface area contributed by atoms with Gasteiger partial charge in [-0.15, -0.1) is 23.2 Å². The van der Waals surface area contributed by atoms with E-state index >= 15 is 0 Å². The molecule has 0 aromatic heterocycles. The van der Waals surface area contributed by atoms with Gasteiger partial charge in [0.25, 0.3) is 0 Å². The van der Waals surface area contributed by atoms with Gasteiger partial charge in [0.1, 0.15) is 0 Å². The van der Waals surface area contributed by atoms with E-state index < -0.39 is 0 Å². The molecule has 0 heterocycles. The first-order valence-electron chi connectivity index (χ1n) is 7.20. The van der Waals surface area contributed by atoms with Gasteiger partial charge in [0.05, 0.1) is 0 Å². The number of alkyl halides is 2. The summed E-state index contributed by atoms with van der Waals surface area (Å²) < 4.78 is 0. The highest BCUT2D eigenvalue weighted by Gasteiger charge is 2.14. The maximum absolute atomic E-state index is 6.28. The molecule has 1 aromatic carbocycles. The van der Waals surface area contributed by atoms with Gasteiger partial charge >= 0.3 is 0 Å². The second kappa shape index (κ2) is 9.63. The van der Waals surface area contributed by atoms with Crippen molar-refractivity contribution in [3.63, 3.8) is 0 Å². The van der Waals surface area contributed by atoms with Crippen molar-refractivity contribution in [2.45, 2.75) is 43.9 Å². The predicted molar refractivity (Wildman–Crippen MR) is 86.5 cm³/mol. The van der Waals surface area contributed by atoms with Crippen molar-refractivity contribution in [2.24, 2.45) is 0 Å². The van der Waals surface area contributed by atoms with Crippen molar-refractivity contribution in [2.75, 3.05) is 19.6 Å². The molecule has 2 atom stereocenters. The Morgan fingerprint density at radius 1 is 0.947 bits per heavy atom. The van der Waals surface area contributed by atoms with Crippen molar-refractivity contribution >= 4 is 23.2 Å². The van der Waals surface area contributed by atoms with Crippen LogP contribution >= 0.6 is 23.2 Å². The van der Waals surface area contributed by atoms with Crippen LogP contribution in [0.5, 0.6) is 0 Å². The van der Waals surface area contributed by atoms with Gasteiger partial charge < -0.3 is 4.90 Å². The molecule has 0 spiro atoms. The van der Waals surface area contributed by atoms with Crippen LogP contribution < -0.4 is 0 Å². The Hall–Kier alpha value is -0.240. The monoisotopic (exact) mass is 301 g/mol. The van der Waals surface area contributed by atoms with Gasteiger partial charge in [-0.25, -0.2) is 0 Å². The Bertz CT molecular complexity index is 317. The normalized spacial score (nSPS) is 14.6. The van der Waals surface area contributed by atoms with Crippen LogP contribution in [0.3, 0.4) is 0 Å². The van der Waals surface area contributed by atoms with Crippen molar-refractivity contribution < 1.29 is 0 Å². The molecular formula is C16H25Cl2N. The molecule has 0 aliphatic rings. The van der Waals surface area contributed by atoms with Crippen LogP contribution in [0, 0.1) is 0 Å². The third-order valence-electron chi connectivity index (χ3n) is 3.36. The first-order valence-corrected chi connectivity index (χ1v) is 8.07. The van der Waals surface area contributed by atoms with Crippen LogP contribution in [0.25, 0.3) is 0 Å². The zero-order chi connectivity index (χ0) is 14.1. The topological polar surface area (TPSA) is 3.24 Å². The average Bonchev–Trinajstić information content (AvgIpc) is 2.45. The molecule has 0 radical (unpaired) electrons. The smallest absolute Gasteiger partial charge is 0.0460 e. The van der Waals surface area contributed by atoms with Crippen LogP contribution in [0.2, 0.25) is 0 Å². The fraction of sp³-hybridized carbons (Fsp3) is 0.625. The second-order valence-corrected chi connectivity index (χ2v) is 6.24. The van der Waals surface area contributed by atoms with E-state index in [2.05, 4.69) is 49.1 Å². The largest absolute Gasteiger partial charge is 0.300 e. The van der Waals surface area contributed by atoms with E-state index in [0.717, 1.165) is 38.9 Å². The van der Waals surface area contributed by atoms with Crippen molar-refractivity contribution in [1.29, 1.82) is 0 Å². The van der Waals surface area contributed by atoms with E-state index in [1.54, 1.807) is 0 Å². The van der Waals surface area contributed by atoms with E-state index in [4.69, 9.17) is 23.2 Å². The predicted octanol–water partition coefficient (Wildman–Crippen LogP) is 4.57. The lowest BCUT2D eigenvalue weighted by Gasteiger charge is -2.26. The number of nitrogens with zero attached hydrogens (tertiary/aromatic N) is 1. The van der Waals surface area contributed by atoms with E-state index in [-0.39, 0.29) is 10.8 Å². The molecule has 0 aliphatic heterocycles. The third-order valence-corrected chi connectivity index (χ3v) is 4.25. The van der Waals surface area contributed by atoms with Crippen LogP contribution in [0.4, 0.5) is 0 Å². The molecule has 0 N–H and O–H groups in total. The molecule has 0 aliphatic carbocycles. The van der Waals surface area contributed by atoms with Crippen molar-refractivity contribution in [1.82, 2.24) is 4.90 Å². The van der Waals surface area contributed by atoms with Gasteiger partial charge in [-0.05, 0) is 24.8 Å². The summed E-state index contributed by atoms with van der Waals surface area (Å²) in [6, 6.07) is 10.6. The molecule has 19 heavy (non-hydrogen) atoms. The van der Waals surface area contributed by atoms with Gasteiger partial charge in [0.2, 0.25) is 0 Å². The molecule has 1 aromatic rings. The van der Waals surface area contributed by atoms with Gasteiger partial charge in [0.15, 0.2) is 0 Å². The standard InChI is InChI=1S/C16H25Cl2N/c1-3-15(17)12-19(13-16(18)4-2)11-10-14-8-6-5-7-9-14/h5-9,15-16H,3-4,10-13H2,1-2H3. The lowest BCUT2D eigenvalue weighted by Crippen LogP contribution is -2.36. The molecular weight excluding hydrogens is 277 g/mol. The molecule has 3 heteroatoms. The zero-order valence-electron chi connectivity index (χ0n) is 12.0. The summed E-state index contributed by atoms with van der Waals surface area (Å²) in [4.78, 5) is 2.40. The van der Waals surface area contributed by atoms with Gasteiger partial charge in [-0.3, -0.25) is 0 Å². The molecule has 0 bridgehead atoms. The maximum Gasteiger partial charge on any atom is 0.0460 e. The summed E-state index contributed by atoms with van der Waals surface area (Å²) in [6.07, 6.45) is 3.06. The van der Waals surface area contributed by atoms with Crippen LogP contribution in [0.15, 0.2) is 30.3 Å². The Morgan fingerprint density at radius 2 is 1.47 bits per heavy atom. The average molecular weight is 302 g/mol. The highest BCUT2D eigenvalue weighted by atomic mass is 35.5. The van der Waals surface area contributed by atoms with Crippen molar-refractivity contribution in [3.8, 4) is 0 Å². The molecule has 108 valence electrons. The van der Waals surface area contributed by atoms with Crippen LogP contribution in [-0.2, 0) is 6.42 Å². The minimum absolute atomic E-state index is 0.219. The Balaban J connectivity index is 2.48. The highest BCUT2D eigenvalue weighted by molar-refractivity contribution is 6.21. The Kier molecular flexibility index (Phi) is 8.52. The molecule has 2 unspecified atom stereocenters. The minimum atomic E-state index is 0.219. The lowest BCUT2D eigenvalue weighted by atomic mass is 10.1. The van der Waals surface area contributed by atoms with Crippen LogP contribution in [-0.4, -0.2) is 35.3 Å². The Labute approximate surface area is 127 Å². The number of rotatable bonds is 9. The highest BCUT2D eigenvalue weighted by Crippen LogP contribution is 2.11. The molecule has 0 amide bonds. The third kappa shape index (κ3) is 7.20. The second-order valence-electron chi connectivity index (χ2n) is 5.01. The first kappa shape index (κ1) is 16.8. The lowest BCUT2D eigenvalue weighted by molar-refractivity contribution is 0.273. The fourth-order valence-corrected chi connectivity index (χ4v) is 2.40. The summed E-state index contributed by atoms with van der Waals surface area (Å²) in [6.45, 7) is 7.13. The summed E-state index contributed by atoms with van der Waals surface area (Å²) in [5.74, 6) is 0. The quantitative estimate of drug-likeness (QED) is 0.604. The number of hydrogen-bond donors (Lipinski definition) is 0. The first-order chi connectivity index (χ1) is 9.15. The zero-order valence-corrected chi connectivity index (χ0v) is 13.5. The SMILES string of the molecule is CCC(Cl)CN(CCc1ccccc1)CC(Cl)CC. The molecule has 1 nitrogen and oxygen atoms in total. The number of halogens is 2. The summed E-state index contributed by atoms with van der Waals surface area (Å²) >= 11 is 12.6. The van der Waals surface area contributed by atoms with Gasteiger partial charge in [-0.1, -0.05) is 44.2 Å². The van der Waals surface area contributed by atoms with Gasteiger partial charge in [0, 0.05) is 30.4 Å². The molecule has 0 saturated carbocycles. The van der Waals surface area contributed by atoms with E-state index in [1.807, 2.05) is 0 Å². The summed E-state index contributed by atoms with van der Waals surface area (Å²) in [7, 11) is 0.